The third kappa shape index (κ3) is 2.30. The number of rotatable bonds is 2. The Bertz CT molecular complexity index is 324. The van der Waals surface area contributed by atoms with E-state index in [4.69, 9.17) is 5.73 Å². The van der Waals surface area contributed by atoms with Gasteiger partial charge in [-0.05, 0) is 18.6 Å². The molecule has 1 aliphatic heterocycles. The summed E-state index contributed by atoms with van der Waals surface area (Å²) in [4.78, 5) is 2.42. The van der Waals surface area contributed by atoms with E-state index in [1.165, 1.54) is 11.3 Å². The fourth-order valence-corrected chi connectivity index (χ4v) is 2.12. The largest absolute Gasteiger partial charge is 0.368 e. The number of nitrogens with one attached hydrogen (secondary N) is 1. The Labute approximate surface area is 91.3 Å². The summed E-state index contributed by atoms with van der Waals surface area (Å²) in [6.45, 7) is 5.98. The van der Waals surface area contributed by atoms with Crippen LogP contribution in [0.5, 0.6) is 0 Å². The first kappa shape index (κ1) is 10.5. The van der Waals surface area contributed by atoms with Crippen LogP contribution in [0.15, 0.2) is 24.3 Å². The minimum atomic E-state index is 0.429. The Balaban J connectivity index is 2.13. The summed E-state index contributed by atoms with van der Waals surface area (Å²) < 4.78 is 0. The van der Waals surface area contributed by atoms with E-state index in [0.29, 0.717) is 12.6 Å². The van der Waals surface area contributed by atoms with Crippen LogP contribution in [0, 0.1) is 6.92 Å². The van der Waals surface area contributed by atoms with E-state index in [1.807, 2.05) is 0 Å². The molecule has 1 fully saturated rings. The van der Waals surface area contributed by atoms with Crippen molar-refractivity contribution < 1.29 is 0 Å². The van der Waals surface area contributed by atoms with Gasteiger partial charge in [-0.2, -0.15) is 0 Å². The molecule has 0 aromatic heterocycles. The highest BCUT2D eigenvalue weighted by Crippen LogP contribution is 2.20. The van der Waals surface area contributed by atoms with Gasteiger partial charge in [0.25, 0.3) is 0 Å². The van der Waals surface area contributed by atoms with Crippen LogP contribution >= 0.6 is 0 Å². The summed E-state index contributed by atoms with van der Waals surface area (Å²) >= 11 is 0. The highest BCUT2D eigenvalue weighted by molar-refractivity contribution is 5.53. The molecular formula is C12H19N3. The molecule has 3 heteroatoms. The van der Waals surface area contributed by atoms with Crippen molar-refractivity contribution >= 4 is 5.69 Å². The lowest BCUT2D eigenvalue weighted by Crippen LogP contribution is -2.53. The highest BCUT2D eigenvalue weighted by atomic mass is 15.2. The average Bonchev–Trinajstić information content (AvgIpc) is 2.30. The lowest BCUT2D eigenvalue weighted by molar-refractivity contribution is 0.463. The van der Waals surface area contributed by atoms with Crippen molar-refractivity contribution in [3.05, 3.63) is 29.8 Å². The van der Waals surface area contributed by atoms with Gasteiger partial charge in [0.1, 0.15) is 0 Å². The van der Waals surface area contributed by atoms with Crippen molar-refractivity contribution in [1.29, 1.82) is 0 Å². The second-order valence-electron chi connectivity index (χ2n) is 4.12. The van der Waals surface area contributed by atoms with Gasteiger partial charge in [-0.15, -0.1) is 0 Å². The van der Waals surface area contributed by atoms with Crippen molar-refractivity contribution in [2.75, 3.05) is 31.1 Å². The fraction of sp³-hybridized carbons (Fsp3) is 0.500. The van der Waals surface area contributed by atoms with Gasteiger partial charge in [0.2, 0.25) is 0 Å². The van der Waals surface area contributed by atoms with Crippen molar-refractivity contribution in [2.24, 2.45) is 5.73 Å². The molecule has 0 aliphatic carbocycles. The zero-order valence-corrected chi connectivity index (χ0v) is 9.24. The van der Waals surface area contributed by atoms with Crippen LogP contribution in [0.1, 0.15) is 5.56 Å². The third-order valence-electron chi connectivity index (χ3n) is 3.00. The molecule has 1 aromatic rings. The van der Waals surface area contributed by atoms with E-state index in [-0.39, 0.29) is 0 Å². The summed E-state index contributed by atoms with van der Waals surface area (Å²) in [5.41, 5.74) is 8.38. The summed E-state index contributed by atoms with van der Waals surface area (Å²) in [6.07, 6.45) is 0. The van der Waals surface area contributed by atoms with Crippen molar-refractivity contribution in [2.45, 2.75) is 13.0 Å². The van der Waals surface area contributed by atoms with Gasteiger partial charge in [-0.25, -0.2) is 0 Å². The van der Waals surface area contributed by atoms with Crippen LogP contribution in [0.25, 0.3) is 0 Å². The standard InChI is InChI=1S/C12H19N3/c1-10-4-2-3-5-12(10)15-7-6-14-11(8-13)9-15/h2-5,11,14H,6-9,13H2,1H3. The molecule has 0 spiro atoms. The minimum Gasteiger partial charge on any atom is -0.368 e. The van der Waals surface area contributed by atoms with E-state index in [0.717, 1.165) is 19.6 Å². The Morgan fingerprint density at radius 1 is 1.47 bits per heavy atom. The second-order valence-corrected chi connectivity index (χ2v) is 4.12. The van der Waals surface area contributed by atoms with Gasteiger partial charge in [0.05, 0.1) is 0 Å². The maximum Gasteiger partial charge on any atom is 0.0396 e. The summed E-state index contributed by atoms with van der Waals surface area (Å²) in [5, 5.41) is 3.42. The Morgan fingerprint density at radius 3 is 3.00 bits per heavy atom. The summed E-state index contributed by atoms with van der Waals surface area (Å²) in [6, 6.07) is 8.96. The summed E-state index contributed by atoms with van der Waals surface area (Å²) in [5.74, 6) is 0. The number of aryl methyl sites for hydroxylation is 1. The van der Waals surface area contributed by atoms with Gasteiger partial charge in [0.15, 0.2) is 0 Å². The van der Waals surface area contributed by atoms with E-state index in [2.05, 4.69) is 41.4 Å². The lowest BCUT2D eigenvalue weighted by Gasteiger charge is -2.35. The first-order valence-electron chi connectivity index (χ1n) is 5.55. The van der Waals surface area contributed by atoms with E-state index in [1.54, 1.807) is 0 Å². The number of piperazine rings is 1. The van der Waals surface area contributed by atoms with Crippen LogP contribution in [-0.4, -0.2) is 32.2 Å². The van der Waals surface area contributed by atoms with E-state index < -0.39 is 0 Å². The number of hydrogen-bond donors (Lipinski definition) is 2. The van der Waals surface area contributed by atoms with Gasteiger partial charge >= 0.3 is 0 Å². The molecule has 0 radical (unpaired) electrons. The fourth-order valence-electron chi connectivity index (χ4n) is 2.12. The van der Waals surface area contributed by atoms with E-state index in [9.17, 15) is 0 Å². The number of nitrogens with two attached hydrogens (primary N) is 1. The minimum absolute atomic E-state index is 0.429. The number of nitrogens with zero attached hydrogens (tertiary/aromatic N) is 1. The molecular weight excluding hydrogens is 186 g/mol. The summed E-state index contributed by atoms with van der Waals surface area (Å²) in [7, 11) is 0. The highest BCUT2D eigenvalue weighted by Gasteiger charge is 2.18. The maximum atomic E-state index is 5.69. The van der Waals surface area contributed by atoms with Crippen LogP contribution in [0.3, 0.4) is 0 Å². The number of benzene rings is 1. The van der Waals surface area contributed by atoms with Gasteiger partial charge in [-0.1, -0.05) is 18.2 Å². The van der Waals surface area contributed by atoms with Crippen LogP contribution in [-0.2, 0) is 0 Å². The molecule has 1 aliphatic rings. The molecule has 15 heavy (non-hydrogen) atoms. The maximum absolute atomic E-state index is 5.69. The monoisotopic (exact) mass is 205 g/mol. The van der Waals surface area contributed by atoms with Gasteiger partial charge < -0.3 is 16.0 Å². The number of hydrogen-bond acceptors (Lipinski definition) is 3. The average molecular weight is 205 g/mol. The van der Waals surface area contributed by atoms with Crippen molar-refractivity contribution in [1.82, 2.24) is 5.32 Å². The van der Waals surface area contributed by atoms with Crippen LogP contribution < -0.4 is 16.0 Å². The van der Waals surface area contributed by atoms with Crippen molar-refractivity contribution in [3.63, 3.8) is 0 Å². The first-order valence-corrected chi connectivity index (χ1v) is 5.55. The number of para-hydroxylation sites is 1. The Kier molecular flexibility index (Phi) is 3.23. The normalized spacial score (nSPS) is 21.7. The predicted molar refractivity (Wildman–Crippen MR) is 64.2 cm³/mol. The molecule has 3 N–H and O–H groups in total. The molecule has 0 amide bonds. The Morgan fingerprint density at radius 2 is 2.27 bits per heavy atom. The predicted octanol–water partition coefficient (Wildman–Crippen LogP) is 0.732. The van der Waals surface area contributed by atoms with Crippen LogP contribution in [0.2, 0.25) is 0 Å². The molecule has 1 unspecified atom stereocenters. The molecule has 0 bridgehead atoms. The zero-order chi connectivity index (χ0) is 10.7. The molecule has 0 saturated carbocycles. The molecule has 1 atom stereocenters. The Hall–Kier alpha value is -1.06. The molecule has 1 heterocycles. The van der Waals surface area contributed by atoms with Gasteiger partial charge in [-0.3, -0.25) is 0 Å². The first-order chi connectivity index (χ1) is 7.31. The third-order valence-corrected chi connectivity index (χ3v) is 3.00. The lowest BCUT2D eigenvalue weighted by atomic mass is 10.1. The molecule has 1 saturated heterocycles. The number of anilines is 1. The SMILES string of the molecule is Cc1ccccc1N1CCNC(CN)C1. The zero-order valence-electron chi connectivity index (χ0n) is 9.24. The molecule has 2 rings (SSSR count). The molecule has 3 nitrogen and oxygen atoms in total. The topological polar surface area (TPSA) is 41.3 Å². The molecule has 1 aromatic carbocycles. The second kappa shape index (κ2) is 4.64. The van der Waals surface area contributed by atoms with Crippen LogP contribution in [0.4, 0.5) is 5.69 Å². The quantitative estimate of drug-likeness (QED) is 0.748. The van der Waals surface area contributed by atoms with E-state index >= 15 is 0 Å². The van der Waals surface area contributed by atoms with Crippen molar-refractivity contribution in [3.8, 4) is 0 Å². The molecule has 82 valence electrons. The van der Waals surface area contributed by atoms with Gasteiger partial charge in [0, 0.05) is 37.9 Å². The smallest absolute Gasteiger partial charge is 0.0396 e.